The highest BCUT2D eigenvalue weighted by molar-refractivity contribution is 8.69. The van der Waals surface area contributed by atoms with E-state index in [1.54, 1.807) is 0 Å². The third kappa shape index (κ3) is 8.32. The molecule has 1 atom stereocenters. The third-order valence-electron chi connectivity index (χ3n) is 1.38. The molecule has 1 unspecified atom stereocenters. The monoisotopic (exact) mass is 213 g/mol. The summed E-state index contributed by atoms with van der Waals surface area (Å²) in [5, 5.41) is 0. The van der Waals surface area contributed by atoms with Crippen molar-refractivity contribution in [3.8, 4) is 0 Å². The quantitative estimate of drug-likeness (QED) is 0.509. The molecule has 0 bridgehead atoms. The van der Waals surface area contributed by atoms with Gasteiger partial charge in [0.05, 0.1) is 0 Å². The van der Waals surface area contributed by atoms with Crippen molar-refractivity contribution in [2.45, 2.75) is 32.2 Å². The van der Waals surface area contributed by atoms with Crippen LogP contribution in [0.4, 0.5) is 0 Å². The Morgan fingerprint density at radius 1 is 1.50 bits per heavy atom. The highest BCUT2D eigenvalue weighted by Gasteiger charge is 2.07. The second-order valence-electron chi connectivity index (χ2n) is 2.59. The van der Waals surface area contributed by atoms with E-state index in [2.05, 4.69) is 0 Å². The van der Waals surface area contributed by atoms with E-state index in [4.69, 9.17) is 10.3 Å². The SMILES string of the molecule is CCCC(N)CCSS(=O)(=O)O. The van der Waals surface area contributed by atoms with E-state index in [0.717, 1.165) is 12.8 Å². The smallest absolute Gasteiger partial charge is 0.319 e. The topological polar surface area (TPSA) is 80.4 Å². The first-order chi connectivity index (χ1) is 5.45. The van der Waals surface area contributed by atoms with E-state index in [1.807, 2.05) is 6.92 Å². The van der Waals surface area contributed by atoms with Gasteiger partial charge in [-0.15, -0.1) is 0 Å². The number of rotatable bonds is 6. The number of hydrogen-bond acceptors (Lipinski definition) is 4. The van der Waals surface area contributed by atoms with Crippen LogP contribution in [0, 0.1) is 0 Å². The van der Waals surface area contributed by atoms with Crippen molar-refractivity contribution in [2.75, 3.05) is 5.75 Å². The zero-order chi connectivity index (χ0) is 9.61. The maximum absolute atomic E-state index is 10.2. The van der Waals surface area contributed by atoms with Crippen molar-refractivity contribution in [3.63, 3.8) is 0 Å². The van der Waals surface area contributed by atoms with Crippen molar-refractivity contribution in [3.05, 3.63) is 0 Å². The third-order valence-corrected chi connectivity index (χ3v) is 3.47. The minimum Gasteiger partial charge on any atom is -0.328 e. The van der Waals surface area contributed by atoms with Gasteiger partial charge >= 0.3 is 9.15 Å². The maximum Gasteiger partial charge on any atom is 0.319 e. The zero-order valence-corrected chi connectivity index (χ0v) is 8.70. The molecular weight excluding hydrogens is 198 g/mol. The Morgan fingerprint density at radius 3 is 2.50 bits per heavy atom. The van der Waals surface area contributed by atoms with Crippen LogP contribution < -0.4 is 5.73 Å². The molecule has 0 aliphatic carbocycles. The predicted octanol–water partition coefficient (Wildman–Crippen LogP) is 1.04. The predicted molar refractivity (Wildman–Crippen MR) is 51.5 cm³/mol. The molecule has 0 heterocycles. The minimum atomic E-state index is -3.87. The normalized spacial score (nSPS) is 14.6. The highest BCUT2D eigenvalue weighted by atomic mass is 33.1. The van der Waals surface area contributed by atoms with Gasteiger partial charge in [-0.2, -0.15) is 8.42 Å². The van der Waals surface area contributed by atoms with Crippen LogP contribution in [-0.2, 0) is 9.15 Å². The molecule has 4 nitrogen and oxygen atoms in total. The van der Waals surface area contributed by atoms with Crippen molar-refractivity contribution in [2.24, 2.45) is 5.73 Å². The average Bonchev–Trinajstić information content (AvgIpc) is 1.84. The standard InChI is InChI=1S/C6H15NO3S2/c1-2-3-6(7)4-5-11-12(8,9)10/h6H,2-5,7H2,1H3,(H,8,9,10). The van der Waals surface area contributed by atoms with Gasteiger partial charge in [-0.05, 0) is 23.6 Å². The Bertz CT molecular complexity index is 203. The van der Waals surface area contributed by atoms with Crippen LogP contribution in [0.15, 0.2) is 0 Å². The van der Waals surface area contributed by atoms with Gasteiger partial charge in [0, 0.05) is 11.8 Å². The maximum atomic E-state index is 10.2. The largest absolute Gasteiger partial charge is 0.328 e. The lowest BCUT2D eigenvalue weighted by Crippen LogP contribution is -2.20. The Labute approximate surface area is 77.1 Å². The summed E-state index contributed by atoms with van der Waals surface area (Å²) in [7, 11) is -3.34. The Balaban J connectivity index is 3.44. The van der Waals surface area contributed by atoms with Crippen LogP contribution in [0.2, 0.25) is 0 Å². The molecule has 0 aromatic carbocycles. The highest BCUT2D eigenvalue weighted by Crippen LogP contribution is 2.12. The molecule has 0 aliphatic rings. The zero-order valence-electron chi connectivity index (χ0n) is 7.06. The van der Waals surface area contributed by atoms with Crippen LogP contribution in [0.5, 0.6) is 0 Å². The summed E-state index contributed by atoms with van der Waals surface area (Å²) >= 11 is 0. The van der Waals surface area contributed by atoms with Gasteiger partial charge in [0.2, 0.25) is 0 Å². The van der Waals surface area contributed by atoms with Gasteiger partial charge in [0.15, 0.2) is 0 Å². The second kappa shape index (κ2) is 5.80. The first kappa shape index (κ1) is 12.2. The lowest BCUT2D eigenvalue weighted by molar-refractivity contribution is 0.502. The van der Waals surface area contributed by atoms with Crippen LogP contribution in [-0.4, -0.2) is 24.8 Å². The summed E-state index contributed by atoms with van der Waals surface area (Å²) in [5.41, 5.74) is 5.62. The van der Waals surface area contributed by atoms with Gasteiger partial charge in [-0.1, -0.05) is 13.3 Å². The Kier molecular flexibility index (Phi) is 5.90. The van der Waals surface area contributed by atoms with E-state index in [-0.39, 0.29) is 6.04 Å². The molecule has 0 saturated carbocycles. The van der Waals surface area contributed by atoms with Crippen molar-refractivity contribution < 1.29 is 13.0 Å². The van der Waals surface area contributed by atoms with E-state index >= 15 is 0 Å². The number of nitrogens with two attached hydrogens (primary N) is 1. The van der Waals surface area contributed by atoms with Crippen LogP contribution in [0.1, 0.15) is 26.2 Å². The molecule has 0 aliphatic heterocycles. The van der Waals surface area contributed by atoms with Crippen LogP contribution >= 0.6 is 10.8 Å². The molecule has 12 heavy (non-hydrogen) atoms. The second-order valence-corrected chi connectivity index (χ2v) is 6.06. The van der Waals surface area contributed by atoms with Crippen LogP contribution in [0.3, 0.4) is 0 Å². The van der Waals surface area contributed by atoms with Gasteiger partial charge in [0.25, 0.3) is 0 Å². The summed E-state index contributed by atoms with van der Waals surface area (Å²) in [6.45, 7) is 2.02. The van der Waals surface area contributed by atoms with Gasteiger partial charge < -0.3 is 5.73 Å². The molecular formula is C6H15NO3S2. The fourth-order valence-corrected chi connectivity index (χ4v) is 2.35. The van der Waals surface area contributed by atoms with Gasteiger partial charge in [-0.3, -0.25) is 4.55 Å². The van der Waals surface area contributed by atoms with Crippen molar-refractivity contribution in [1.82, 2.24) is 0 Å². The van der Waals surface area contributed by atoms with Gasteiger partial charge in [-0.25, -0.2) is 0 Å². The summed E-state index contributed by atoms with van der Waals surface area (Å²) in [4.78, 5) is 0. The molecule has 0 aromatic heterocycles. The molecule has 0 rings (SSSR count). The summed E-state index contributed by atoms with van der Waals surface area (Å²) in [5.74, 6) is 0.361. The molecule has 0 radical (unpaired) electrons. The van der Waals surface area contributed by atoms with Gasteiger partial charge in [0.1, 0.15) is 0 Å². The van der Waals surface area contributed by atoms with E-state index in [0.29, 0.717) is 23.0 Å². The molecule has 0 spiro atoms. The molecule has 0 fully saturated rings. The number of hydrogen-bond donors (Lipinski definition) is 2. The summed E-state index contributed by atoms with van der Waals surface area (Å²) < 4.78 is 28.9. The van der Waals surface area contributed by atoms with Crippen molar-refractivity contribution in [1.29, 1.82) is 0 Å². The minimum absolute atomic E-state index is 0.0456. The average molecular weight is 213 g/mol. The molecule has 74 valence electrons. The summed E-state index contributed by atoms with van der Waals surface area (Å²) in [6, 6.07) is 0.0456. The molecule has 0 amide bonds. The summed E-state index contributed by atoms with van der Waals surface area (Å²) in [6.07, 6.45) is 2.52. The van der Waals surface area contributed by atoms with Crippen molar-refractivity contribution >= 4 is 19.9 Å². The lowest BCUT2D eigenvalue weighted by atomic mass is 10.1. The van der Waals surface area contributed by atoms with E-state index in [1.165, 1.54) is 0 Å². The van der Waals surface area contributed by atoms with E-state index in [9.17, 15) is 8.42 Å². The molecule has 0 saturated heterocycles. The van der Waals surface area contributed by atoms with E-state index < -0.39 is 9.15 Å². The Morgan fingerprint density at radius 2 is 2.08 bits per heavy atom. The molecule has 3 N–H and O–H groups in total. The Hall–Kier alpha value is 0.220. The lowest BCUT2D eigenvalue weighted by Gasteiger charge is -2.07. The fraction of sp³-hybridized carbons (Fsp3) is 1.00. The van der Waals surface area contributed by atoms with Crippen LogP contribution in [0.25, 0.3) is 0 Å². The molecule has 6 heteroatoms. The first-order valence-corrected chi connectivity index (χ1v) is 6.77. The molecule has 0 aromatic rings. The first-order valence-electron chi connectivity index (χ1n) is 3.83. The fourth-order valence-electron chi connectivity index (χ4n) is 0.820.